The summed E-state index contributed by atoms with van der Waals surface area (Å²) in [5.74, 6) is 0.796. The number of hydrogen-bond donors (Lipinski definition) is 0. The molecule has 3 aliphatic rings. The van der Waals surface area contributed by atoms with Crippen molar-refractivity contribution in [2.75, 3.05) is 4.90 Å². The lowest BCUT2D eigenvalue weighted by atomic mass is 9.68. The Morgan fingerprint density at radius 1 is 0.574 bits per heavy atom. The predicted octanol–water partition coefficient (Wildman–Crippen LogP) is 9.23. The van der Waals surface area contributed by atoms with Crippen LogP contribution < -0.4 is 9.64 Å². The van der Waals surface area contributed by atoms with Crippen molar-refractivity contribution in [1.82, 2.24) is 15.0 Å². The van der Waals surface area contributed by atoms with Gasteiger partial charge in [0.15, 0.2) is 6.10 Å². The van der Waals surface area contributed by atoms with Crippen molar-refractivity contribution in [2.24, 2.45) is 0 Å². The van der Waals surface area contributed by atoms with E-state index in [0.717, 1.165) is 56.3 Å². The molecule has 0 fully saturated rings. The molecule has 0 radical (unpaired) electrons. The molecule has 0 amide bonds. The number of rotatable bonds is 3. The summed E-state index contributed by atoms with van der Waals surface area (Å²) in [6.45, 7) is 0. The van der Waals surface area contributed by atoms with Crippen LogP contribution in [0.25, 0.3) is 22.5 Å². The molecule has 0 N–H and O–H groups in total. The van der Waals surface area contributed by atoms with Crippen LogP contribution in [0.5, 0.6) is 5.75 Å². The number of pyridine rings is 3. The summed E-state index contributed by atoms with van der Waals surface area (Å²) in [6, 6.07) is 47.4. The first-order chi connectivity index (χ1) is 23.3. The predicted molar refractivity (Wildman–Crippen MR) is 184 cm³/mol. The standard InChI is InChI=1S/C42H28N4O/c1-3-12-27(13-4-1)42(28-14-5-2-6-15-28)34-19-11-22-44-38(34)39-35(42)24-29(25-45-39)46-36-20-10-9-18-33(36)41-40(46)32-17-8-7-16-30(32)31-21-23-43-26-37(31)47-41/h1-26,40-41H. The number of fused-ring (bicyclic) bond motifs is 10. The summed E-state index contributed by atoms with van der Waals surface area (Å²) < 4.78 is 6.93. The van der Waals surface area contributed by atoms with Gasteiger partial charge in [0.1, 0.15) is 11.8 Å². The average molecular weight is 605 g/mol. The summed E-state index contributed by atoms with van der Waals surface area (Å²) >= 11 is 0. The largest absolute Gasteiger partial charge is 0.481 e. The SMILES string of the molecule is c1ccc(C2(c3ccccc3)c3cccnc3-c3ncc(N4c5ccccc5C5Oc6cnccc6-c6ccccc6C54)cc32)cc1. The van der Waals surface area contributed by atoms with E-state index in [1.807, 2.05) is 30.9 Å². The van der Waals surface area contributed by atoms with Gasteiger partial charge in [0.05, 0.1) is 34.9 Å². The minimum Gasteiger partial charge on any atom is -0.481 e. The van der Waals surface area contributed by atoms with E-state index in [1.165, 1.54) is 16.7 Å². The van der Waals surface area contributed by atoms with Crippen molar-refractivity contribution in [3.05, 3.63) is 192 Å². The molecule has 5 heteroatoms. The summed E-state index contributed by atoms with van der Waals surface area (Å²) in [5, 5.41) is 0. The van der Waals surface area contributed by atoms with Gasteiger partial charge in [0.2, 0.25) is 0 Å². The highest BCUT2D eigenvalue weighted by atomic mass is 16.5. The van der Waals surface area contributed by atoms with E-state index in [9.17, 15) is 0 Å². The van der Waals surface area contributed by atoms with Crippen LogP contribution in [0.3, 0.4) is 0 Å². The first-order valence-corrected chi connectivity index (χ1v) is 16.0. The molecule has 5 nitrogen and oxygen atoms in total. The van der Waals surface area contributed by atoms with Crippen LogP contribution in [0, 0.1) is 0 Å². The van der Waals surface area contributed by atoms with Crippen molar-refractivity contribution < 1.29 is 4.74 Å². The Morgan fingerprint density at radius 3 is 2.09 bits per heavy atom. The fourth-order valence-electron chi connectivity index (χ4n) is 8.23. The zero-order valence-corrected chi connectivity index (χ0v) is 25.4. The van der Waals surface area contributed by atoms with Crippen LogP contribution in [0.1, 0.15) is 45.5 Å². The molecule has 1 aliphatic carbocycles. The number of anilines is 2. The molecule has 0 bridgehead atoms. The maximum atomic E-state index is 6.93. The first kappa shape index (κ1) is 26.2. The number of ether oxygens (including phenoxy) is 1. The Balaban J connectivity index is 1.25. The van der Waals surface area contributed by atoms with Crippen LogP contribution in [0.15, 0.2) is 158 Å². The molecular weight excluding hydrogens is 576 g/mol. The lowest BCUT2D eigenvalue weighted by Gasteiger charge is -2.35. The van der Waals surface area contributed by atoms with Crippen LogP contribution in [0.2, 0.25) is 0 Å². The van der Waals surface area contributed by atoms with E-state index in [-0.39, 0.29) is 12.1 Å². The molecule has 2 unspecified atom stereocenters. The van der Waals surface area contributed by atoms with E-state index in [4.69, 9.17) is 14.7 Å². The lowest BCUT2D eigenvalue weighted by molar-refractivity contribution is 0.189. The molecular formula is C42H28N4O. The van der Waals surface area contributed by atoms with Gasteiger partial charge in [-0.3, -0.25) is 15.0 Å². The van der Waals surface area contributed by atoms with Gasteiger partial charge in [0, 0.05) is 34.8 Å². The zero-order valence-electron chi connectivity index (χ0n) is 25.4. The van der Waals surface area contributed by atoms with Crippen molar-refractivity contribution >= 4 is 11.4 Å². The lowest BCUT2D eigenvalue weighted by Crippen LogP contribution is -2.29. The maximum absolute atomic E-state index is 6.93. The van der Waals surface area contributed by atoms with Gasteiger partial charge in [-0.25, -0.2) is 0 Å². The third-order valence-electron chi connectivity index (χ3n) is 10.1. The average Bonchev–Trinajstić information content (AvgIpc) is 3.57. The number of hydrogen-bond acceptors (Lipinski definition) is 5. The monoisotopic (exact) mass is 604 g/mol. The van der Waals surface area contributed by atoms with Crippen molar-refractivity contribution in [3.63, 3.8) is 0 Å². The highest BCUT2D eigenvalue weighted by Crippen LogP contribution is 2.59. The smallest absolute Gasteiger partial charge is 0.151 e. The molecule has 5 heterocycles. The second kappa shape index (κ2) is 9.96. The summed E-state index contributed by atoms with van der Waals surface area (Å²) in [5.41, 5.74) is 12.6. The molecule has 47 heavy (non-hydrogen) atoms. The Kier molecular flexibility index (Phi) is 5.55. The first-order valence-electron chi connectivity index (χ1n) is 16.0. The fourth-order valence-corrected chi connectivity index (χ4v) is 8.23. The van der Waals surface area contributed by atoms with Crippen molar-refractivity contribution in [3.8, 4) is 28.3 Å². The number of aromatic nitrogens is 3. The summed E-state index contributed by atoms with van der Waals surface area (Å²) in [4.78, 5) is 17.1. The minimum atomic E-state index is -0.594. The second-order valence-corrected chi connectivity index (χ2v) is 12.3. The Hall–Kier alpha value is -6.07. The van der Waals surface area contributed by atoms with Crippen LogP contribution in [0.4, 0.5) is 11.4 Å². The van der Waals surface area contributed by atoms with Crippen LogP contribution in [-0.2, 0) is 5.41 Å². The van der Waals surface area contributed by atoms with E-state index in [1.54, 1.807) is 0 Å². The molecule has 3 aromatic heterocycles. The molecule has 0 saturated carbocycles. The normalized spacial score (nSPS) is 17.7. The molecule has 2 aliphatic heterocycles. The van der Waals surface area contributed by atoms with E-state index in [2.05, 4.69) is 137 Å². The number of para-hydroxylation sites is 1. The van der Waals surface area contributed by atoms with Gasteiger partial charge in [-0.1, -0.05) is 109 Å². The van der Waals surface area contributed by atoms with Gasteiger partial charge < -0.3 is 9.64 Å². The topological polar surface area (TPSA) is 51.1 Å². The third-order valence-corrected chi connectivity index (χ3v) is 10.1. The maximum Gasteiger partial charge on any atom is 0.151 e. The van der Waals surface area contributed by atoms with Crippen molar-refractivity contribution in [2.45, 2.75) is 17.6 Å². The molecule has 222 valence electrons. The highest BCUT2D eigenvalue weighted by molar-refractivity contribution is 5.86. The van der Waals surface area contributed by atoms with Gasteiger partial charge in [0.25, 0.3) is 0 Å². The molecule has 4 aromatic carbocycles. The Bertz CT molecular complexity index is 2280. The summed E-state index contributed by atoms with van der Waals surface area (Å²) in [6.07, 6.45) is 7.34. The number of benzene rings is 4. The van der Waals surface area contributed by atoms with Gasteiger partial charge in [-0.15, -0.1) is 0 Å². The van der Waals surface area contributed by atoms with Gasteiger partial charge in [-0.05, 0) is 52.1 Å². The Labute approximate surface area is 272 Å². The quantitative estimate of drug-likeness (QED) is 0.201. The molecule has 10 rings (SSSR count). The van der Waals surface area contributed by atoms with E-state index < -0.39 is 5.41 Å². The number of nitrogens with zero attached hydrogens (tertiary/aromatic N) is 4. The van der Waals surface area contributed by atoms with Crippen LogP contribution in [-0.4, -0.2) is 15.0 Å². The minimum absolute atomic E-state index is 0.124. The zero-order chi connectivity index (χ0) is 31.0. The summed E-state index contributed by atoms with van der Waals surface area (Å²) in [7, 11) is 0. The highest BCUT2D eigenvalue weighted by Gasteiger charge is 2.50. The second-order valence-electron chi connectivity index (χ2n) is 12.3. The third kappa shape index (κ3) is 3.57. The molecule has 7 aromatic rings. The Morgan fingerprint density at radius 2 is 1.28 bits per heavy atom. The molecule has 2 atom stereocenters. The fraction of sp³-hybridized carbons (Fsp3) is 0.0714. The molecule has 0 saturated heterocycles. The molecule has 0 spiro atoms. The van der Waals surface area contributed by atoms with Gasteiger partial charge in [-0.2, -0.15) is 0 Å². The van der Waals surface area contributed by atoms with Crippen LogP contribution >= 0.6 is 0 Å². The van der Waals surface area contributed by atoms with Crippen molar-refractivity contribution in [1.29, 1.82) is 0 Å². The van der Waals surface area contributed by atoms with E-state index in [0.29, 0.717) is 0 Å². The van der Waals surface area contributed by atoms with Gasteiger partial charge >= 0.3 is 0 Å². The van der Waals surface area contributed by atoms with E-state index >= 15 is 0 Å².